The van der Waals surface area contributed by atoms with Crippen molar-refractivity contribution in [3.8, 4) is 11.5 Å². The predicted octanol–water partition coefficient (Wildman–Crippen LogP) is 2.85. The van der Waals surface area contributed by atoms with Crippen molar-refractivity contribution in [2.45, 2.75) is 13.1 Å². The molecule has 0 spiro atoms. The number of carbonyl (C=O) groups excluding carboxylic acids is 1. The highest BCUT2D eigenvalue weighted by atomic mass is 16.5. The Morgan fingerprint density at radius 3 is 2.54 bits per heavy atom. The number of rotatable bonds is 7. The summed E-state index contributed by atoms with van der Waals surface area (Å²) in [7, 11) is 3.26. The molecule has 5 rings (SSSR count). The summed E-state index contributed by atoms with van der Waals surface area (Å²) in [4.78, 5) is 26.3. The zero-order valence-corrected chi connectivity index (χ0v) is 19.9. The number of amides is 1. The Hall–Kier alpha value is -3.98. The van der Waals surface area contributed by atoms with E-state index in [9.17, 15) is 4.79 Å². The molecule has 1 aliphatic heterocycles. The van der Waals surface area contributed by atoms with Crippen LogP contribution in [0, 0.1) is 0 Å². The van der Waals surface area contributed by atoms with E-state index in [0.717, 1.165) is 53.4 Å². The number of aromatic nitrogens is 4. The number of nitrogens with zero attached hydrogens (tertiary/aromatic N) is 6. The topological polar surface area (TPSA) is 85.6 Å². The van der Waals surface area contributed by atoms with Gasteiger partial charge in [-0.1, -0.05) is 6.07 Å². The van der Waals surface area contributed by atoms with E-state index in [1.54, 1.807) is 26.6 Å². The third-order valence-electron chi connectivity index (χ3n) is 6.31. The number of piperazine rings is 1. The van der Waals surface area contributed by atoms with E-state index in [1.807, 2.05) is 58.2 Å². The summed E-state index contributed by atoms with van der Waals surface area (Å²) in [6.45, 7) is 4.30. The van der Waals surface area contributed by atoms with Crippen LogP contribution in [0.3, 0.4) is 0 Å². The number of methoxy groups -OCH3 is 2. The lowest BCUT2D eigenvalue weighted by Gasteiger charge is -2.34. The smallest absolute Gasteiger partial charge is 0.255 e. The summed E-state index contributed by atoms with van der Waals surface area (Å²) in [6, 6.07) is 13.5. The second-order valence-electron chi connectivity index (χ2n) is 8.51. The van der Waals surface area contributed by atoms with Gasteiger partial charge in [0, 0.05) is 62.1 Å². The molecule has 3 aromatic heterocycles. The molecule has 1 amide bonds. The average molecular weight is 473 g/mol. The Morgan fingerprint density at radius 1 is 0.943 bits per heavy atom. The number of benzene rings is 1. The third kappa shape index (κ3) is 4.95. The second-order valence-corrected chi connectivity index (χ2v) is 8.51. The zero-order valence-electron chi connectivity index (χ0n) is 19.9. The van der Waals surface area contributed by atoms with Crippen molar-refractivity contribution in [2.24, 2.45) is 0 Å². The summed E-state index contributed by atoms with van der Waals surface area (Å²) in [5, 5.41) is 5.33. The highest BCUT2D eigenvalue weighted by Crippen LogP contribution is 2.26. The average Bonchev–Trinajstić information content (AvgIpc) is 3.31. The molecule has 0 unspecified atom stereocenters. The van der Waals surface area contributed by atoms with Crippen LogP contribution in [0.4, 0.5) is 0 Å². The predicted molar refractivity (Wildman–Crippen MR) is 132 cm³/mol. The van der Waals surface area contributed by atoms with Crippen LogP contribution in [0.1, 0.15) is 21.6 Å². The normalized spacial score (nSPS) is 14.3. The maximum absolute atomic E-state index is 13.1. The van der Waals surface area contributed by atoms with Crippen LogP contribution in [-0.2, 0) is 13.1 Å². The minimum absolute atomic E-state index is 0.00135. The SMILES string of the molecule is COc1ccc(Cn2ncc3cc(C(=O)N4CCN(Cc5ccccn5)CC4)cnc32)c(OC)c1. The first-order valence-electron chi connectivity index (χ1n) is 11.6. The van der Waals surface area contributed by atoms with Crippen LogP contribution < -0.4 is 9.47 Å². The van der Waals surface area contributed by atoms with Gasteiger partial charge in [-0.15, -0.1) is 0 Å². The van der Waals surface area contributed by atoms with Crippen molar-refractivity contribution in [1.82, 2.24) is 29.5 Å². The van der Waals surface area contributed by atoms with Crippen LogP contribution in [0.25, 0.3) is 11.0 Å². The summed E-state index contributed by atoms with van der Waals surface area (Å²) < 4.78 is 12.6. The van der Waals surface area contributed by atoms with Gasteiger partial charge in [-0.25, -0.2) is 9.67 Å². The van der Waals surface area contributed by atoms with Crippen LogP contribution in [-0.4, -0.2) is 75.9 Å². The molecule has 0 N–H and O–H groups in total. The van der Waals surface area contributed by atoms with Gasteiger partial charge in [0.1, 0.15) is 11.5 Å². The summed E-state index contributed by atoms with van der Waals surface area (Å²) in [5.41, 5.74) is 3.31. The molecule has 9 heteroatoms. The van der Waals surface area contributed by atoms with E-state index >= 15 is 0 Å². The van der Waals surface area contributed by atoms with Gasteiger partial charge in [-0.3, -0.25) is 14.7 Å². The summed E-state index contributed by atoms with van der Waals surface area (Å²) >= 11 is 0. The van der Waals surface area contributed by atoms with Crippen LogP contribution in [0.5, 0.6) is 11.5 Å². The van der Waals surface area contributed by atoms with Crippen molar-refractivity contribution in [1.29, 1.82) is 0 Å². The van der Waals surface area contributed by atoms with Gasteiger partial charge in [0.25, 0.3) is 5.91 Å². The zero-order chi connectivity index (χ0) is 24.2. The van der Waals surface area contributed by atoms with Crippen molar-refractivity contribution in [3.05, 3.63) is 77.9 Å². The monoisotopic (exact) mass is 472 g/mol. The lowest BCUT2D eigenvalue weighted by molar-refractivity contribution is 0.0627. The first-order valence-corrected chi connectivity index (χ1v) is 11.6. The van der Waals surface area contributed by atoms with E-state index in [-0.39, 0.29) is 5.91 Å². The molecule has 1 fully saturated rings. The molecule has 180 valence electrons. The standard InChI is InChI=1S/C26H28N6O3/c1-34-23-7-6-19(24(14-23)35-2)17-32-25-20(16-29-32)13-21(15-28-25)26(33)31-11-9-30(10-12-31)18-22-5-3-4-8-27-22/h3-8,13-16H,9-12,17-18H2,1-2H3. The molecule has 0 saturated carbocycles. The van der Waals surface area contributed by atoms with Gasteiger partial charge in [0.2, 0.25) is 0 Å². The molecular weight excluding hydrogens is 444 g/mol. The van der Waals surface area contributed by atoms with Crippen LogP contribution >= 0.6 is 0 Å². The lowest BCUT2D eigenvalue weighted by Crippen LogP contribution is -2.48. The number of pyridine rings is 2. The molecule has 1 saturated heterocycles. The molecule has 0 aliphatic carbocycles. The molecule has 4 heterocycles. The second kappa shape index (κ2) is 10.1. The van der Waals surface area contributed by atoms with Gasteiger partial charge in [0.15, 0.2) is 5.65 Å². The minimum Gasteiger partial charge on any atom is -0.497 e. The molecule has 1 aromatic carbocycles. The van der Waals surface area contributed by atoms with Crippen molar-refractivity contribution >= 4 is 16.9 Å². The largest absolute Gasteiger partial charge is 0.497 e. The maximum atomic E-state index is 13.1. The molecule has 4 aromatic rings. The Morgan fingerprint density at radius 2 is 1.80 bits per heavy atom. The van der Waals surface area contributed by atoms with E-state index in [2.05, 4.69) is 20.0 Å². The Labute approximate surface area is 203 Å². The van der Waals surface area contributed by atoms with Gasteiger partial charge in [-0.05, 0) is 30.3 Å². The minimum atomic E-state index is 0.00135. The van der Waals surface area contributed by atoms with E-state index in [4.69, 9.17) is 9.47 Å². The molecule has 0 atom stereocenters. The molecule has 0 radical (unpaired) electrons. The Kier molecular flexibility index (Phi) is 6.58. The number of fused-ring (bicyclic) bond motifs is 1. The lowest BCUT2D eigenvalue weighted by atomic mass is 10.2. The number of ether oxygens (including phenoxy) is 2. The van der Waals surface area contributed by atoms with Crippen LogP contribution in [0.2, 0.25) is 0 Å². The Balaban J connectivity index is 1.26. The van der Waals surface area contributed by atoms with Crippen molar-refractivity contribution < 1.29 is 14.3 Å². The molecule has 9 nitrogen and oxygen atoms in total. The summed E-state index contributed by atoms with van der Waals surface area (Å²) in [6.07, 6.45) is 5.21. The van der Waals surface area contributed by atoms with E-state index in [1.165, 1.54) is 0 Å². The number of hydrogen-bond donors (Lipinski definition) is 0. The fourth-order valence-electron chi connectivity index (χ4n) is 4.36. The molecular formula is C26H28N6O3. The number of carbonyl (C=O) groups is 1. The first-order chi connectivity index (χ1) is 17.1. The maximum Gasteiger partial charge on any atom is 0.255 e. The third-order valence-corrected chi connectivity index (χ3v) is 6.31. The van der Waals surface area contributed by atoms with E-state index in [0.29, 0.717) is 25.2 Å². The fraction of sp³-hybridized carbons (Fsp3) is 0.308. The molecule has 35 heavy (non-hydrogen) atoms. The fourth-order valence-corrected chi connectivity index (χ4v) is 4.36. The van der Waals surface area contributed by atoms with Crippen molar-refractivity contribution in [3.63, 3.8) is 0 Å². The number of hydrogen-bond acceptors (Lipinski definition) is 7. The first kappa shape index (κ1) is 22.8. The Bertz CT molecular complexity index is 1320. The van der Waals surface area contributed by atoms with Gasteiger partial charge < -0.3 is 14.4 Å². The van der Waals surface area contributed by atoms with Gasteiger partial charge >= 0.3 is 0 Å². The highest BCUT2D eigenvalue weighted by Gasteiger charge is 2.23. The van der Waals surface area contributed by atoms with Gasteiger partial charge in [-0.2, -0.15) is 5.10 Å². The van der Waals surface area contributed by atoms with Crippen LogP contribution in [0.15, 0.2) is 61.1 Å². The van der Waals surface area contributed by atoms with Gasteiger partial charge in [0.05, 0.1) is 38.2 Å². The van der Waals surface area contributed by atoms with E-state index < -0.39 is 0 Å². The molecule has 1 aliphatic rings. The molecule has 0 bridgehead atoms. The quantitative estimate of drug-likeness (QED) is 0.409. The highest BCUT2D eigenvalue weighted by molar-refractivity contribution is 5.96. The summed E-state index contributed by atoms with van der Waals surface area (Å²) in [5.74, 6) is 1.46. The van der Waals surface area contributed by atoms with Crippen molar-refractivity contribution in [2.75, 3.05) is 40.4 Å².